The number of carboxylic acids is 1. The number of carbonyl (C=O) groups excluding carboxylic acids is 1. The van der Waals surface area contributed by atoms with Gasteiger partial charge in [-0.2, -0.15) is 0 Å². The normalized spacial score (nSPS) is 20.1. The van der Waals surface area contributed by atoms with Crippen LogP contribution in [-0.4, -0.2) is 40.8 Å². The highest BCUT2D eigenvalue weighted by atomic mass is 16.6. The molecule has 28 heavy (non-hydrogen) atoms. The summed E-state index contributed by atoms with van der Waals surface area (Å²) in [5.74, 6) is 3.68. The third-order valence-corrected chi connectivity index (χ3v) is 5.64. The van der Waals surface area contributed by atoms with E-state index >= 15 is 0 Å². The maximum Gasteiger partial charge on any atom is 0.411 e. The van der Waals surface area contributed by atoms with Crippen molar-refractivity contribution in [2.45, 2.75) is 31.2 Å². The van der Waals surface area contributed by atoms with E-state index in [0.29, 0.717) is 13.0 Å². The Kier molecular flexibility index (Phi) is 4.56. The first-order valence-electron chi connectivity index (χ1n) is 9.38. The number of fused-ring (bicyclic) bond motifs is 3. The van der Waals surface area contributed by atoms with Gasteiger partial charge in [0.2, 0.25) is 0 Å². The van der Waals surface area contributed by atoms with E-state index in [9.17, 15) is 9.59 Å². The Bertz CT molecular complexity index is 957. The Morgan fingerprint density at radius 1 is 1.14 bits per heavy atom. The van der Waals surface area contributed by atoms with Crippen LogP contribution in [0.25, 0.3) is 11.1 Å². The van der Waals surface area contributed by atoms with E-state index in [0.717, 1.165) is 17.5 Å². The number of carboxylic acid groups (broad SMARTS) is 1. The van der Waals surface area contributed by atoms with Gasteiger partial charge in [0, 0.05) is 18.4 Å². The zero-order chi connectivity index (χ0) is 19.7. The summed E-state index contributed by atoms with van der Waals surface area (Å²) in [5.41, 5.74) is 3.87. The van der Waals surface area contributed by atoms with Gasteiger partial charge in [-0.1, -0.05) is 54.5 Å². The van der Waals surface area contributed by atoms with Crippen LogP contribution in [-0.2, 0) is 9.53 Å². The second kappa shape index (κ2) is 7.05. The molecule has 1 amide bonds. The monoisotopic (exact) mass is 375 g/mol. The molecule has 0 unspecified atom stereocenters. The van der Waals surface area contributed by atoms with Crippen molar-refractivity contribution in [2.75, 3.05) is 13.2 Å². The Hall–Kier alpha value is -3.26. The van der Waals surface area contributed by atoms with Crippen molar-refractivity contribution in [1.82, 2.24) is 4.90 Å². The largest absolute Gasteiger partial charge is 0.472 e. The summed E-state index contributed by atoms with van der Waals surface area (Å²) in [6, 6.07) is 16.4. The van der Waals surface area contributed by atoms with Crippen LogP contribution in [0.15, 0.2) is 48.5 Å². The zero-order valence-electron chi connectivity index (χ0n) is 15.6. The van der Waals surface area contributed by atoms with Gasteiger partial charge in [-0.25, -0.2) is 9.59 Å². The van der Waals surface area contributed by atoms with Crippen molar-refractivity contribution in [3.05, 3.63) is 59.7 Å². The molecule has 1 aliphatic carbocycles. The molecular weight excluding hydrogens is 354 g/mol. The molecule has 0 bridgehead atoms. The number of carbonyl (C=O) groups is 2. The number of likely N-dealkylation sites (tertiary alicyclic amines) is 1. The molecule has 2 aromatic rings. The van der Waals surface area contributed by atoms with Crippen LogP contribution in [0, 0.1) is 11.8 Å². The molecule has 5 heteroatoms. The number of hydrogen-bond donors (Lipinski definition) is 1. The predicted octanol–water partition coefficient (Wildman–Crippen LogP) is 3.88. The van der Waals surface area contributed by atoms with Crippen LogP contribution in [0.3, 0.4) is 0 Å². The van der Waals surface area contributed by atoms with E-state index in [1.54, 1.807) is 11.8 Å². The number of ether oxygens (including phenoxy) is 1. The lowest BCUT2D eigenvalue weighted by atomic mass is 9.98. The summed E-state index contributed by atoms with van der Waals surface area (Å²) in [6.45, 7) is 2.55. The number of hydrogen-bond acceptors (Lipinski definition) is 3. The molecule has 1 atom stereocenters. The second-order valence-corrected chi connectivity index (χ2v) is 7.39. The maximum absolute atomic E-state index is 12.8. The molecule has 0 aromatic heterocycles. The maximum atomic E-state index is 12.8. The van der Waals surface area contributed by atoms with Gasteiger partial charge in [-0.3, -0.25) is 4.90 Å². The SMILES string of the molecule is C[C@]1(C#CC(=O)O)CCCN1C(=O)OCC1c2ccccc2-c2ccccc21. The Labute approximate surface area is 163 Å². The van der Waals surface area contributed by atoms with Crippen molar-refractivity contribution in [3.8, 4) is 23.0 Å². The molecule has 1 heterocycles. The van der Waals surface area contributed by atoms with Crippen LogP contribution in [0.5, 0.6) is 0 Å². The summed E-state index contributed by atoms with van der Waals surface area (Å²) in [6.07, 6.45) is 0.966. The highest BCUT2D eigenvalue weighted by molar-refractivity contribution is 5.87. The lowest BCUT2D eigenvalue weighted by Gasteiger charge is -2.30. The van der Waals surface area contributed by atoms with E-state index in [1.807, 2.05) is 24.3 Å². The number of rotatable bonds is 2. The highest BCUT2D eigenvalue weighted by Crippen LogP contribution is 2.44. The first-order valence-corrected chi connectivity index (χ1v) is 9.38. The number of aliphatic carboxylic acids is 1. The van der Waals surface area contributed by atoms with Gasteiger partial charge in [0.05, 0.1) is 0 Å². The first-order chi connectivity index (χ1) is 13.5. The van der Waals surface area contributed by atoms with Crippen molar-refractivity contribution in [1.29, 1.82) is 0 Å². The van der Waals surface area contributed by atoms with Crippen LogP contribution in [0.4, 0.5) is 4.79 Å². The van der Waals surface area contributed by atoms with Crippen LogP contribution >= 0.6 is 0 Å². The van der Waals surface area contributed by atoms with Crippen molar-refractivity contribution in [2.24, 2.45) is 0 Å². The number of benzene rings is 2. The van der Waals surface area contributed by atoms with Gasteiger partial charge in [0.1, 0.15) is 12.1 Å². The molecule has 1 saturated heterocycles. The summed E-state index contributed by atoms with van der Waals surface area (Å²) < 4.78 is 5.70. The summed E-state index contributed by atoms with van der Waals surface area (Å²) in [5, 5.41) is 8.84. The molecule has 142 valence electrons. The average Bonchev–Trinajstić information content (AvgIpc) is 3.23. The molecule has 0 spiro atoms. The Morgan fingerprint density at radius 3 is 2.36 bits per heavy atom. The van der Waals surface area contributed by atoms with E-state index in [4.69, 9.17) is 9.84 Å². The van der Waals surface area contributed by atoms with Gasteiger partial charge in [-0.05, 0) is 42.0 Å². The standard InChI is InChI=1S/C23H21NO4/c1-23(13-11-21(25)26)12-6-14-24(23)22(27)28-15-20-18-9-4-2-7-16(18)17-8-3-5-10-19(17)20/h2-5,7-10,20H,6,12,14-15H2,1H3,(H,25,26)/t23-/m1/s1. The fraction of sp³-hybridized carbons (Fsp3) is 0.304. The van der Waals surface area contributed by atoms with Gasteiger partial charge in [0.15, 0.2) is 0 Å². The molecule has 5 nitrogen and oxygen atoms in total. The fourth-order valence-electron chi connectivity index (χ4n) is 4.25. The summed E-state index contributed by atoms with van der Waals surface area (Å²) in [7, 11) is 0. The van der Waals surface area contributed by atoms with Crippen molar-refractivity contribution >= 4 is 12.1 Å². The van der Waals surface area contributed by atoms with Gasteiger partial charge in [0.25, 0.3) is 0 Å². The fourth-order valence-corrected chi connectivity index (χ4v) is 4.25. The van der Waals surface area contributed by atoms with Crippen LogP contribution < -0.4 is 0 Å². The van der Waals surface area contributed by atoms with Crippen molar-refractivity contribution in [3.63, 3.8) is 0 Å². The molecular formula is C23H21NO4. The smallest absolute Gasteiger partial charge is 0.411 e. The third-order valence-electron chi connectivity index (χ3n) is 5.64. The zero-order valence-corrected chi connectivity index (χ0v) is 15.6. The molecule has 2 aromatic carbocycles. The van der Waals surface area contributed by atoms with Crippen LogP contribution in [0.1, 0.15) is 36.8 Å². The van der Waals surface area contributed by atoms with E-state index in [2.05, 4.69) is 36.1 Å². The van der Waals surface area contributed by atoms with E-state index in [-0.39, 0.29) is 12.5 Å². The van der Waals surface area contributed by atoms with E-state index in [1.165, 1.54) is 11.1 Å². The highest BCUT2D eigenvalue weighted by Gasteiger charge is 2.40. The van der Waals surface area contributed by atoms with Gasteiger partial charge >= 0.3 is 12.1 Å². The Balaban J connectivity index is 1.53. The van der Waals surface area contributed by atoms with E-state index < -0.39 is 17.6 Å². The lowest BCUT2D eigenvalue weighted by molar-refractivity contribution is -0.130. The average molecular weight is 375 g/mol. The molecule has 2 aliphatic rings. The molecule has 4 rings (SSSR count). The summed E-state index contributed by atoms with van der Waals surface area (Å²) in [4.78, 5) is 25.1. The minimum absolute atomic E-state index is 0.00434. The molecule has 1 N–H and O–H groups in total. The van der Waals surface area contributed by atoms with Gasteiger partial charge in [-0.15, -0.1) is 0 Å². The minimum Gasteiger partial charge on any atom is -0.472 e. The molecule has 0 saturated carbocycles. The van der Waals surface area contributed by atoms with Crippen LogP contribution in [0.2, 0.25) is 0 Å². The number of nitrogens with zero attached hydrogens (tertiary/aromatic N) is 1. The molecule has 1 fully saturated rings. The lowest BCUT2D eigenvalue weighted by Crippen LogP contribution is -2.44. The summed E-state index contributed by atoms with van der Waals surface area (Å²) >= 11 is 0. The minimum atomic E-state index is -1.19. The Morgan fingerprint density at radius 2 is 1.75 bits per heavy atom. The first kappa shape index (κ1) is 18.1. The quantitative estimate of drug-likeness (QED) is 0.809. The third kappa shape index (κ3) is 3.11. The second-order valence-electron chi connectivity index (χ2n) is 7.39. The van der Waals surface area contributed by atoms with Crippen molar-refractivity contribution < 1.29 is 19.4 Å². The molecule has 1 aliphatic heterocycles. The topological polar surface area (TPSA) is 66.8 Å². The predicted molar refractivity (Wildman–Crippen MR) is 105 cm³/mol. The number of amides is 1. The van der Waals surface area contributed by atoms with Gasteiger partial charge < -0.3 is 9.84 Å². The molecule has 0 radical (unpaired) electrons.